The SMILES string of the molecule is CCOc1ccc(Br)cc1/C=C/C(=O)c1cccc(-n2cccc2)c1. The maximum Gasteiger partial charge on any atom is 0.185 e. The first-order valence-electron chi connectivity index (χ1n) is 8.05. The number of ether oxygens (including phenoxy) is 1. The summed E-state index contributed by atoms with van der Waals surface area (Å²) < 4.78 is 8.53. The Morgan fingerprint density at radius 1 is 1.12 bits per heavy atom. The highest BCUT2D eigenvalue weighted by Gasteiger charge is 2.06. The Hall–Kier alpha value is -2.59. The van der Waals surface area contributed by atoms with E-state index in [1.54, 1.807) is 12.2 Å². The number of hydrogen-bond acceptors (Lipinski definition) is 2. The van der Waals surface area contributed by atoms with E-state index in [0.717, 1.165) is 21.5 Å². The van der Waals surface area contributed by atoms with Crippen molar-refractivity contribution in [3.8, 4) is 11.4 Å². The predicted molar refractivity (Wildman–Crippen MR) is 104 cm³/mol. The number of benzene rings is 2. The van der Waals surface area contributed by atoms with Crippen LogP contribution in [0.5, 0.6) is 5.75 Å². The summed E-state index contributed by atoms with van der Waals surface area (Å²) in [5, 5.41) is 0. The van der Waals surface area contributed by atoms with Gasteiger partial charge in [0.05, 0.1) is 6.61 Å². The molecule has 0 spiro atoms. The highest BCUT2D eigenvalue weighted by molar-refractivity contribution is 9.10. The second-order valence-electron chi connectivity index (χ2n) is 5.45. The molecule has 0 unspecified atom stereocenters. The van der Waals surface area contributed by atoms with Gasteiger partial charge in [0.25, 0.3) is 0 Å². The van der Waals surface area contributed by atoms with Crippen LogP contribution in [0.2, 0.25) is 0 Å². The van der Waals surface area contributed by atoms with Crippen molar-refractivity contribution in [2.45, 2.75) is 6.92 Å². The van der Waals surface area contributed by atoms with E-state index in [1.807, 2.05) is 78.5 Å². The summed E-state index contributed by atoms with van der Waals surface area (Å²) in [6.07, 6.45) is 7.28. The summed E-state index contributed by atoms with van der Waals surface area (Å²) in [7, 11) is 0. The molecule has 0 fully saturated rings. The summed E-state index contributed by atoms with van der Waals surface area (Å²) in [4.78, 5) is 12.5. The molecule has 0 aliphatic heterocycles. The highest BCUT2D eigenvalue weighted by atomic mass is 79.9. The van der Waals surface area contributed by atoms with Crippen LogP contribution in [0, 0.1) is 0 Å². The molecule has 3 rings (SSSR count). The molecule has 126 valence electrons. The van der Waals surface area contributed by atoms with Crippen LogP contribution in [0.1, 0.15) is 22.8 Å². The minimum atomic E-state index is -0.0450. The van der Waals surface area contributed by atoms with Crippen LogP contribution in [0.15, 0.2) is 77.5 Å². The Kier molecular flexibility index (Phi) is 5.51. The third-order valence-corrected chi connectivity index (χ3v) is 4.21. The minimum absolute atomic E-state index is 0.0450. The van der Waals surface area contributed by atoms with Crippen LogP contribution in [-0.2, 0) is 0 Å². The fraction of sp³-hybridized carbons (Fsp3) is 0.0952. The van der Waals surface area contributed by atoms with Gasteiger partial charge in [-0.25, -0.2) is 0 Å². The largest absolute Gasteiger partial charge is 0.493 e. The van der Waals surface area contributed by atoms with Gasteiger partial charge < -0.3 is 9.30 Å². The van der Waals surface area contributed by atoms with Crippen molar-refractivity contribution in [2.75, 3.05) is 6.61 Å². The van der Waals surface area contributed by atoms with Crippen molar-refractivity contribution in [1.29, 1.82) is 0 Å². The average Bonchev–Trinajstić information content (AvgIpc) is 3.16. The molecule has 25 heavy (non-hydrogen) atoms. The zero-order valence-electron chi connectivity index (χ0n) is 13.9. The molecule has 0 amide bonds. The van der Waals surface area contributed by atoms with E-state index in [-0.39, 0.29) is 5.78 Å². The van der Waals surface area contributed by atoms with Gasteiger partial charge >= 0.3 is 0 Å². The van der Waals surface area contributed by atoms with Crippen molar-refractivity contribution in [3.63, 3.8) is 0 Å². The van der Waals surface area contributed by atoms with E-state index in [0.29, 0.717) is 12.2 Å². The van der Waals surface area contributed by atoms with Crippen molar-refractivity contribution < 1.29 is 9.53 Å². The molecule has 0 atom stereocenters. The molecule has 4 heteroatoms. The van der Waals surface area contributed by atoms with E-state index < -0.39 is 0 Å². The topological polar surface area (TPSA) is 31.2 Å². The predicted octanol–water partition coefficient (Wildman–Crippen LogP) is 5.53. The number of allylic oxidation sites excluding steroid dienone is 1. The van der Waals surface area contributed by atoms with Crippen LogP contribution < -0.4 is 4.74 Å². The van der Waals surface area contributed by atoms with Crippen molar-refractivity contribution in [3.05, 3.63) is 88.7 Å². The van der Waals surface area contributed by atoms with E-state index in [4.69, 9.17) is 4.74 Å². The zero-order chi connectivity index (χ0) is 17.6. The number of rotatable bonds is 6. The molecule has 0 N–H and O–H groups in total. The van der Waals surface area contributed by atoms with E-state index in [2.05, 4.69) is 15.9 Å². The molecule has 0 saturated heterocycles. The summed E-state index contributed by atoms with van der Waals surface area (Å²) >= 11 is 3.45. The number of halogens is 1. The maximum atomic E-state index is 12.5. The van der Waals surface area contributed by atoms with Gasteiger partial charge in [0.15, 0.2) is 5.78 Å². The number of aromatic nitrogens is 1. The number of carbonyl (C=O) groups excluding carboxylic acids is 1. The fourth-order valence-corrected chi connectivity index (χ4v) is 2.90. The molecular formula is C21H18BrNO2. The van der Waals surface area contributed by atoms with Gasteiger partial charge in [-0.3, -0.25) is 4.79 Å². The number of hydrogen-bond donors (Lipinski definition) is 0. The minimum Gasteiger partial charge on any atom is -0.493 e. The molecule has 2 aromatic carbocycles. The first-order valence-corrected chi connectivity index (χ1v) is 8.85. The van der Waals surface area contributed by atoms with Gasteiger partial charge in [-0.1, -0.05) is 28.1 Å². The van der Waals surface area contributed by atoms with Gasteiger partial charge in [0, 0.05) is 33.7 Å². The lowest BCUT2D eigenvalue weighted by Gasteiger charge is -2.07. The Morgan fingerprint density at radius 3 is 2.68 bits per heavy atom. The molecular weight excluding hydrogens is 378 g/mol. The lowest BCUT2D eigenvalue weighted by molar-refractivity contribution is 0.104. The quantitative estimate of drug-likeness (QED) is 0.405. The monoisotopic (exact) mass is 395 g/mol. The summed E-state index contributed by atoms with van der Waals surface area (Å²) in [6, 6.07) is 17.2. The Labute approximate surface area is 155 Å². The first-order chi connectivity index (χ1) is 12.2. The second-order valence-corrected chi connectivity index (χ2v) is 6.37. The van der Waals surface area contributed by atoms with Gasteiger partial charge in [-0.2, -0.15) is 0 Å². The molecule has 0 bridgehead atoms. The van der Waals surface area contributed by atoms with Gasteiger partial charge in [-0.05, 0) is 61.5 Å². The van der Waals surface area contributed by atoms with E-state index >= 15 is 0 Å². The molecule has 0 aliphatic carbocycles. The Morgan fingerprint density at radius 2 is 1.92 bits per heavy atom. The average molecular weight is 396 g/mol. The van der Waals surface area contributed by atoms with Gasteiger partial charge in [-0.15, -0.1) is 0 Å². The molecule has 0 aliphatic rings. The van der Waals surface area contributed by atoms with Gasteiger partial charge in [0.2, 0.25) is 0 Å². The molecule has 0 saturated carbocycles. The molecule has 1 heterocycles. The highest BCUT2D eigenvalue weighted by Crippen LogP contribution is 2.25. The molecule has 0 radical (unpaired) electrons. The smallest absolute Gasteiger partial charge is 0.185 e. The van der Waals surface area contributed by atoms with E-state index in [1.165, 1.54) is 0 Å². The molecule has 3 aromatic rings. The maximum absolute atomic E-state index is 12.5. The zero-order valence-corrected chi connectivity index (χ0v) is 15.4. The van der Waals surface area contributed by atoms with Crippen LogP contribution in [0.3, 0.4) is 0 Å². The Bertz CT molecular complexity index is 898. The van der Waals surface area contributed by atoms with E-state index in [9.17, 15) is 4.79 Å². The first kappa shape index (κ1) is 17.2. The molecule has 1 aromatic heterocycles. The number of ketones is 1. The summed E-state index contributed by atoms with van der Waals surface area (Å²) in [6.45, 7) is 2.52. The van der Waals surface area contributed by atoms with Crippen molar-refractivity contribution >= 4 is 27.8 Å². The van der Waals surface area contributed by atoms with Crippen molar-refractivity contribution in [2.24, 2.45) is 0 Å². The van der Waals surface area contributed by atoms with Crippen LogP contribution in [0.25, 0.3) is 11.8 Å². The third-order valence-electron chi connectivity index (χ3n) is 3.72. The lowest BCUT2D eigenvalue weighted by Crippen LogP contribution is -1.98. The standard InChI is InChI=1S/C21H18BrNO2/c1-2-25-21-11-9-18(22)14-17(21)8-10-20(24)16-6-5-7-19(15-16)23-12-3-4-13-23/h3-15H,2H2,1H3/b10-8+. The van der Waals surface area contributed by atoms with Crippen LogP contribution >= 0.6 is 15.9 Å². The normalized spacial score (nSPS) is 11.0. The second kappa shape index (κ2) is 7.99. The number of nitrogens with zero attached hydrogens (tertiary/aromatic N) is 1. The summed E-state index contributed by atoms with van der Waals surface area (Å²) in [5.41, 5.74) is 2.48. The molecule has 3 nitrogen and oxygen atoms in total. The van der Waals surface area contributed by atoms with Crippen molar-refractivity contribution in [1.82, 2.24) is 4.57 Å². The third kappa shape index (κ3) is 4.28. The summed E-state index contributed by atoms with van der Waals surface area (Å²) in [5.74, 6) is 0.715. The van der Waals surface area contributed by atoms with Gasteiger partial charge in [0.1, 0.15) is 5.75 Å². The fourth-order valence-electron chi connectivity index (χ4n) is 2.52. The number of carbonyl (C=O) groups is 1. The Balaban J connectivity index is 1.84. The lowest BCUT2D eigenvalue weighted by atomic mass is 10.1. The van der Waals surface area contributed by atoms with Crippen LogP contribution in [0.4, 0.5) is 0 Å². The van der Waals surface area contributed by atoms with Crippen LogP contribution in [-0.4, -0.2) is 17.0 Å².